The molecule has 0 aliphatic carbocycles. The van der Waals surface area contributed by atoms with Crippen LogP contribution in [0.4, 0.5) is 5.69 Å². The van der Waals surface area contributed by atoms with E-state index in [-0.39, 0.29) is 11.7 Å². The molecule has 1 aromatic carbocycles. The number of hydrogen-bond acceptors (Lipinski definition) is 6. The first-order valence-electron chi connectivity index (χ1n) is 9.19. The number of pyridine rings is 1. The van der Waals surface area contributed by atoms with Crippen LogP contribution in [0.2, 0.25) is 0 Å². The first-order chi connectivity index (χ1) is 14.0. The van der Waals surface area contributed by atoms with Crippen LogP contribution >= 0.6 is 27.7 Å². The van der Waals surface area contributed by atoms with Gasteiger partial charge in [0.25, 0.3) is 0 Å². The van der Waals surface area contributed by atoms with Crippen molar-refractivity contribution in [2.75, 3.05) is 31.7 Å². The van der Waals surface area contributed by atoms with Gasteiger partial charge in [0.2, 0.25) is 5.91 Å². The van der Waals surface area contributed by atoms with Gasteiger partial charge in [-0.3, -0.25) is 9.78 Å². The SMILES string of the molecule is CN(C)CCCn1c(SCC(=O)Nc2ccc(Br)cc2)nnc1-c1ccncc1. The molecule has 2 aromatic heterocycles. The lowest BCUT2D eigenvalue weighted by Gasteiger charge is -2.13. The normalized spacial score (nSPS) is 11.0. The molecule has 0 aliphatic heterocycles. The first kappa shape index (κ1) is 21.5. The van der Waals surface area contributed by atoms with Gasteiger partial charge in [0.05, 0.1) is 5.75 Å². The highest BCUT2D eigenvalue weighted by atomic mass is 79.9. The number of rotatable bonds is 9. The smallest absolute Gasteiger partial charge is 0.234 e. The quantitative estimate of drug-likeness (QED) is 0.475. The average molecular weight is 475 g/mol. The summed E-state index contributed by atoms with van der Waals surface area (Å²) in [4.78, 5) is 18.6. The number of carbonyl (C=O) groups excluding carboxylic acids is 1. The topological polar surface area (TPSA) is 75.9 Å². The molecule has 1 amide bonds. The Morgan fingerprint density at radius 1 is 1.14 bits per heavy atom. The summed E-state index contributed by atoms with van der Waals surface area (Å²) < 4.78 is 3.05. The second-order valence-electron chi connectivity index (χ2n) is 6.69. The molecule has 0 aliphatic rings. The van der Waals surface area contributed by atoms with E-state index in [1.54, 1.807) is 12.4 Å². The molecule has 9 heteroatoms. The predicted octanol–water partition coefficient (Wildman–Crippen LogP) is 3.79. The van der Waals surface area contributed by atoms with E-state index in [9.17, 15) is 4.79 Å². The number of thioether (sulfide) groups is 1. The highest BCUT2D eigenvalue weighted by Crippen LogP contribution is 2.24. The Bertz CT molecular complexity index is 930. The highest BCUT2D eigenvalue weighted by molar-refractivity contribution is 9.10. The maximum Gasteiger partial charge on any atom is 0.234 e. The molecule has 3 rings (SSSR count). The van der Waals surface area contributed by atoms with Gasteiger partial charge in [-0.25, -0.2) is 0 Å². The molecule has 3 aromatic rings. The Balaban J connectivity index is 1.69. The molecule has 0 saturated carbocycles. The number of carbonyl (C=O) groups is 1. The average Bonchev–Trinajstić information content (AvgIpc) is 3.11. The molecule has 1 N–H and O–H groups in total. The monoisotopic (exact) mass is 474 g/mol. The Labute approximate surface area is 183 Å². The Hall–Kier alpha value is -2.23. The van der Waals surface area contributed by atoms with Crippen LogP contribution in [0.5, 0.6) is 0 Å². The lowest BCUT2D eigenvalue weighted by molar-refractivity contribution is -0.113. The number of nitrogens with one attached hydrogen (secondary N) is 1. The highest BCUT2D eigenvalue weighted by Gasteiger charge is 2.15. The van der Waals surface area contributed by atoms with Crippen LogP contribution in [0.1, 0.15) is 6.42 Å². The summed E-state index contributed by atoms with van der Waals surface area (Å²) in [7, 11) is 4.11. The van der Waals surface area contributed by atoms with Crippen LogP contribution < -0.4 is 5.32 Å². The minimum Gasteiger partial charge on any atom is -0.325 e. The standard InChI is InChI=1S/C20H23BrN6OS/c1-26(2)12-3-13-27-19(15-8-10-22-11-9-15)24-25-20(27)29-14-18(28)23-17-6-4-16(21)5-7-17/h4-11H,3,12-14H2,1-2H3,(H,23,28). The third kappa shape index (κ3) is 6.38. The zero-order valence-electron chi connectivity index (χ0n) is 16.4. The molecule has 0 bridgehead atoms. The van der Waals surface area contributed by atoms with E-state index in [0.717, 1.165) is 46.2 Å². The fraction of sp³-hybridized carbons (Fsp3) is 0.300. The van der Waals surface area contributed by atoms with E-state index in [2.05, 4.69) is 60.0 Å². The summed E-state index contributed by atoms with van der Waals surface area (Å²) in [5.74, 6) is 0.977. The number of anilines is 1. The van der Waals surface area contributed by atoms with Crippen molar-refractivity contribution in [2.45, 2.75) is 18.1 Å². The number of hydrogen-bond donors (Lipinski definition) is 1. The molecule has 0 radical (unpaired) electrons. The van der Waals surface area contributed by atoms with Gasteiger partial charge in [0.1, 0.15) is 0 Å². The fourth-order valence-electron chi connectivity index (χ4n) is 2.72. The van der Waals surface area contributed by atoms with Crippen molar-refractivity contribution in [1.29, 1.82) is 0 Å². The number of benzene rings is 1. The lowest BCUT2D eigenvalue weighted by Crippen LogP contribution is -2.16. The molecular formula is C20H23BrN6OS. The van der Waals surface area contributed by atoms with E-state index in [0.29, 0.717) is 0 Å². The van der Waals surface area contributed by atoms with E-state index in [4.69, 9.17) is 0 Å². The van der Waals surface area contributed by atoms with Crippen molar-refractivity contribution in [3.05, 3.63) is 53.3 Å². The largest absolute Gasteiger partial charge is 0.325 e. The maximum atomic E-state index is 12.3. The molecule has 0 saturated heterocycles. The van der Waals surface area contributed by atoms with Crippen molar-refractivity contribution < 1.29 is 4.79 Å². The van der Waals surface area contributed by atoms with Gasteiger partial charge in [0, 0.05) is 34.7 Å². The molecular weight excluding hydrogens is 452 g/mol. The van der Waals surface area contributed by atoms with Gasteiger partial charge < -0.3 is 14.8 Å². The van der Waals surface area contributed by atoms with Crippen LogP contribution in [-0.2, 0) is 11.3 Å². The van der Waals surface area contributed by atoms with E-state index < -0.39 is 0 Å². The third-order valence-electron chi connectivity index (χ3n) is 4.10. The number of aromatic nitrogens is 4. The summed E-state index contributed by atoms with van der Waals surface area (Å²) >= 11 is 4.78. The van der Waals surface area contributed by atoms with Crippen molar-refractivity contribution in [1.82, 2.24) is 24.6 Å². The molecule has 0 spiro atoms. The maximum absolute atomic E-state index is 12.3. The molecule has 7 nitrogen and oxygen atoms in total. The summed E-state index contributed by atoms with van der Waals surface area (Å²) in [6.45, 7) is 1.74. The third-order valence-corrected chi connectivity index (χ3v) is 5.60. The molecule has 2 heterocycles. The second-order valence-corrected chi connectivity index (χ2v) is 8.55. The number of nitrogens with zero attached hydrogens (tertiary/aromatic N) is 5. The van der Waals surface area contributed by atoms with Gasteiger partial charge in [-0.15, -0.1) is 10.2 Å². The van der Waals surface area contributed by atoms with Crippen LogP contribution in [0, 0.1) is 0 Å². The minimum atomic E-state index is -0.0781. The van der Waals surface area contributed by atoms with Gasteiger partial charge >= 0.3 is 0 Å². The zero-order valence-corrected chi connectivity index (χ0v) is 18.8. The lowest BCUT2D eigenvalue weighted by atomic mass is 10.2. The molecule has 0 unspecified atom stereocenters. The summed E-state index contributed by atoms with van der Waals surface area (Å²) in [6.07, 6.45) is 4.45. The minimum absolute atomic E-state index is 0.0781. The molecule has 0 atom stereocenters. The summed E-state index contributed by atoms with van der Waals surface area (Å²) in [6, 6.07) is 11.3. The van der Waals surface area contributed by atoms with Gasteiger partial charge in [-0.05, 0) is 63.5 Å². The Kier molecular flexibility index (Phi) is 7.79. The van der Waals surface area contributed by atoms with Crippen molar-refractivity contribution in [2.24, 2.45) is 0 Å². The molecule has 29 heavy (non-hydrogen) atoms. The summed E-state index contributed by atoms with van der Waals surface area (Å²) in [5, 5.41) is 12.3. The Morgan fingerprint density at radius 2 is 1.86 bits per heavy atom. The zero-order chi connectivity index (χ0) is 20.6. The van der Waals surface area contributed by atoms with Crippen molar-refractivity contribution in [3.63, 3.8) is 0 Å². The fourth-order valence-corrected chi connectivity index (χ4v) is 3.75. The van der Waals surface area contributed by atoms with Gasteiger partial charge in [-0.2, -0.15) is 0 Å². The number of halogens is 1. The molecule has 0 fully saturated rings. The Morgan fingerprint density at radius 3 is 2.55 bits per heavy atom. The van der Waals surface area contributed by atoms with E-state index in [1.807, 2.05) is 36.4 Å². The van der Waals surface area contributed by atoms with Crippen LogP contribution in [0.15, 0.2) is 58.4 Å². The van der Waals surface area contributed by atoms with E-state index in [1.165, 1.54) is 11.8 Å². The van der Waals surface area contributed by atoms with Crippen LogP contribution in [0.25, 0.3) is 11.4 Å². The predicted molar refractivity (Wildman–Crippen MR) is 120 cm³/mol. The van der Waals surface area contributed by atoms with Crippen molar-refractivity contribution in [3.8, 4) is 11.4 Å². The second kappa shape index (κ2) is 10.5. The van der Waals surface area contributed by atoms with E-state index >= 15 is 0 Å². The van der Waals surface area contributed by atoms with Crippen LogP contribution in [-0.4, -0.2) is 56.9 Å². The van der Waals surface area contributed by atoms with Gasteiger partial charge in [0.15, 0.2) is 11.0 Å². The van der Waals surface area contributed by atoms with Gasteiger partial charge in [-0.1, -0.05) is 27.7 Å². The first-order valence-corrected chi connectivity index (χ1v) is 11.0. The molecule has 152 valence electrons. The summed E-state index contributed by atoms with van der Waals surface area (Å²) in [5.41, 5.74) is 1.73. The van der Waals surface area contributed by atoms with Crippen molar-refractivity contribution >= 4 is 39.3 Å². The number of amides is 1. The van der Waals surface area contributed by atoms with Crippen LogP contribution in [0.3, 0.4) is 0 Å².